The zero-order valence-electron chi connectivity index (χ0n) is 17.3. The van der Waals surface area contributed by atoms with Crippen LogP contribution in [0.5, 0.6) is 0 Å². The molecule has 2 heterocycles. The van der Waals surface area contributed by atoms with Gasteiger partial charge in [0, 0.05) is 40.8 Å². The van der Waals surface area contributed by atoms with Gasteiger partial charge in [0.05, 0.1) is 17.6 Å². The molecular weight excluding hydrogens is 413 g/mol. The van der Waals surface area contributed by atoms with Crippen molar-refractivity contribution in [2.24, 2.45) is 13.0 Å². The molecule has 0 amide bonds. The van der Waals surface area contributed by atoms with E-state index in [1.165, 1.54) is 16.4 Å². The van der Waals surface area contributed by atoms with Crippen molar-refractivity contribution in [2.45, 2.75) is 35.2 Å². The zero-order chi connectivity index (χ0) is 22.0. The summed E-state index contributed by atoms with van der Waals surface area (Å²) in [6.45, 7) is 2.29. The van der Waals surface area contributed by atoms with Crippen LogP contribution in [0, 0.1) is 23.1 Å². The van der Waals surface area contributed by atoms with Gasteiger partial charge in [-0.2, -0.15) is 10.4 Å². The van der Waals surface area contributed by atoms with Crippen molar-refractivity contribution in [1.82, 2.24) is 9.78 Å². The largest absolute Gasteiger partial charge is 0.370 e. The maximum atomic E-state index is 15.4. The van der Waals surface area contributed by atoms with E-state index in [9.17, 15) is 10.1 Å². The van der Waals surface area contributed by atoms with Gasteiger partial charge in [-0.1, -0.05) is 23.9 Å². The predicted octanol–water partition coefficient (Wildman–Crippen LogP) is 5.11. The van der Waals surface area contributed by atoms with Gasteiger partial charge in [-0.15, -0.1) is 0 Å². The zero-order valence-corrected chi connectivity index (χ0v) is 18.2. The molecule has 5 nitrogen and oxygen atoms in total. The molecule has 0 aliphatic carbocycles. The van der Waals surface area contributed by atoms with Crippen LogP contribution in [0.1, 0.15) is 41.4 Å². The van der Waals surface area contributed by atoms with Crippen LogP contribution in [0.3, 0.4) is 0 Å². The van der Waals surface area contributed by atoms with Gasteiger partial charge < -0.3 is 4.74 Å². The average Bonchev–Trinajstić information content (AvgIpc) is 3.21. The molecule has 1 fully saturated rings. The first-order valence-electron chi connectivity index (χ1n) is 10.0. The van der Waals surface area contributed by atoms with Crippen molar-refractivity contribution >= 4 is 17.5 Å². The Labute approximate surface area is 184 Å². The van der Waals surface area contributed by atoms with E-state index >= 15 is 4.39 Å². The molecule has 2 atom stereocenters. The van der Waals surface area contributed by atoms with Crippen molar-refractivity contribution in [3.63, 3.8) is 0 Å². The normalized spacial score (nSPS) is 20.9. The van der Waals surface area contributed by atoms with Crippen LogP contribution in [0.2, 0.25) is 0 Å². The average molecular weight is 436 g/mol. The van der Waals surface area contributed by atoms with Gasteiger partial charge in [-0.05, 0) is 56.2 Å². The van der Waals surface area contributed by atoms with Crippen molar-refractivity contribution < 1.29 is 13.9 Å². The number of carbonyl (C=O) groups excluding carboxylic acids is 1. The van der Waals surface area contributed by atoms with Gasteiger partial charge in [0.2, 0.25) is 5.78 Å². The van der Waals surface area contributed by atoms with E-state index in [1.54, 1.807) is 43.6 Å². The lowest BCUT2D eigenvalue weighted by atomic mass is 9.82. The molecule has 0 saturated carbocycles. The van der Waals surface area contributed by atoms with Crippen molar-refractivity contribution in [3.05, 3.63) is 77.4 Å². The maximum absolute atomic E-state index is 15.4. The Hall–Kier alpha value is -2.95. The van der Waals surface area contributed by atoms with Crippen LogP contribution in [0.25, 0.3) is 0 Å². The Kier molecular flexibility index (Phi) is 5.94. The summed E-state index contributed by atoms with van der Waals surface area (Å²) in [7, 11) is 1.72. The van der Waals surface area contributed by atoms with Gasteiger partial charge in [-0.25, -0.2) is 4.39 Å². The molecule has 1 saturated heterocycles. The van der Waals surface area contributed by atoms with Crippen LogP contribution in [0.4, 0.5) is 4.39 Å². The molecule has 1 aliphatic rings. The van der Waals surface area contributed by atoms with Crippen molar-refractivity contribution in [3.8, 4) is 6.07 Å². The Morgan fingerprint density at radius 2 is 2.06 bits per heavy atom. The summed E-state index contributed by atoms with van der Waals surface area (Å²) >= 11 is 1.29. The first kappa shape index (κ1) is 21.3. The highest BCUT2D eigenvalue weighted by atomic mass is 32.2. The maximum Gasteiger partial charge on any atom is 0.211 e. The van der Waals surface area contributed by atoms with E-state index in [4.69, 9.17) is 4.74 Å². The smallest absolute Gasteiger partial charge is 0.211 e. The first-order valence-corrected chi connectivity index (χ1v) is 10.9. The van der Waals surface area contributed by atoms with Crippen LogP contribution in [0.15, 0.2) is 64.5 Å². The number of nitrogens with zero attached hydrogens (tertiary/aromatic N) is 3. The van der Waals surface area contributed by atoms with E-state index in [-0.39, 0.29) is 17.5 Å². The Bertz CT molecular complexity index is 1150. The standard InChI is InChI=1S/C24H22FN3O2S/c1-24(14-16(15-26)11-13-30-24)19-4-3-5-21(22(19)25)31-18-8-6-17(7-9-18)23(29)20-10-12-27-28(20)2/h3-10,12,16H,11,13-14H2,1-2H3/t16-,24+/m1/s1. The minimum Gasteiger partial charge on any atom is -0.370 e. The molecule has 1 aromatic heterocycles. The summed E-state index contributed by atoms with van der Waals surface area (Å²) < 4.78 is 22.9. The minimum atomic E-state index is -0.821. The van der Waals surface area contributed by atoms with E-state index in [0.29, 0.717) is 41.2 Å². The summed E-state index contributed by atoms with van der Waals surface area (Å²) in [6, 6.07) is 16.3. The molecule has 0 N–H and O–H groups in total. The molecular formula is C24H22FN3O2S. The van der Waals surface area contributed by atoms with Crippen LogP contribution < -0.4 is 0 Å². The third-order valence-corrected chi connectivity index (χ3v) is 6.68. The summed E-state index contributed by atoms with van der Waals surface area (Å²) in [5.41, 5.74) is 0.711. The Balaban J connectivity index is 1.55. The Morgan fingerprint density at radius 3 is 2.74 bits per heavy atom. The van der Waals surface area contributed by atoms with Crippen molar-refractivity contribution in [1.29, 1.82) is 5.26 Å². The summed E-state index contributed by atoms with van der Waals surface area (Å²) in [5, 5.41) is 13.3. The highest BCUT2D eigenvalue weighted by Gasteiger charge is 2.37. The lowest BCUT2D eigenvalue weighted by Crippen LogP contribution is -2.35. The van der Waals surface area contributed by atoms with Gasteiger partial charge in [-0.3, -0.25) is 9.48 Å². The number of ether oxygens (including phenoxy) is 1. The fourth-order valence-corrected chi connectivity index (χ4v) is 4.77. The third-order valence-electron chi connectivity index (χ3n) is 5.64. The van der Waals surface area contributed by atoms with Gasteiger partial charge in [0.15, 0.2) is 0 Å². The van der Waals surface area contributed by atoms with Crippen LogP contribution in [-0.2, 0) is 17.4 Å². The lowest BCUT2D eigenvalue weighted by Gasteiger charge is -2.37. The second kappa shape index (κ2) is 8.66. The monoisotopic (exact) mass is 435 g/mol. The number of nitriles is 1. The SMILES string of the molecule is Cn1nccc1C(=O)c1ccc(Sc2cccc([C@]3(C)C[C@H](C#N)CCO3)c2F)cc1. The molecule has 0 bridgehead atoms. The fraction of sp³-hybridized carbons (Fsp3) is 0.292. The highest BCUT2D eigenvalue weighted by Crippen LogP contribution is 2.41. The predicted molar refractivity (Wildman–Crippen MR) is 115 cm³/mol. The molecule has 2 aromatic carbocycles. The quantitative estimate of drug-likeness (QED) is 0.521. The number of halogens is 1. The molecule has 158 valence electrons. The topological polar surface area (TPSA) is 67.9 Å². The van der Waals surface area contributed by atoms with E-state index in [0.717, 1.165) is 4.90 Å². The number of ketones is 1. The highest BCUT2D eigenvalue weighted by molar-refractivity contribution is 7.99. The van der Waals surface area contributed by atoms with E-state index < -0.39 is 5.60 Å². The minimum absolute atomic E-state index is 0.112. The lowest BCUT2D eigenvalue weighted by molar-refractivity contribution is -0.0841. The van der Waals surface area contributed by atoms with Crippen molar-refractivity contribution in [2.75, 3.05) is 6.61 Å². The number of benzene rings is 2. The second-order valence-corrected chi connectivity index (χ2v) is 8.93. The van der Waals surface area contributed by atoms with Gasteiger partial charge in [0.1, 0.15) is 11.5 Å². The molecule has 0 radical (unpaired) electrons. The number of aryl methyl sites for hydroxylation is 1. The molecule has 7 heteroatoms. The summed E-state index contributed by atoms with van der Waals surface area (Å²) in [4.78, 5) is 13.9. The van der Waals surface area contributed by atoms with Gasteiger partial charge in [0.25, 0.3) is 0 Å². The third kappa shape index (κ3) is 4.27. The number of aromatic nitrogens is 2. The number of rotatable bonds is 5. The number of hydrogen-bond donors (Lipinski definition) is 0. The van der Waals surface area contributed by atoms with E-state index in [2.05, 4.69) is 11.2 Å². The molecule has 31 heavy (non-hydrogen) atoms. The summed E-state index contributed by atoms with van der Waals surface area (Å²) in [5.74, 6) is -0.582. The summed E-state index contributed by atoms with van der Waals surface area (Å²) in [6.07, 6.45) is 2.73. The molecule has 0 spiro atoms. The fourth-order valence-electron chi connectivity index (χ4n) is 3.90. The molecule has 3 aromatic rings. The number of hydrogen-bond acceptors (Lipinski definition) is 5. The van der Waals surface area contributed by atoms with Crippen LogP contribution >= 0.6 is 11.8 Å². The van der Waals surface area contributed by atoms with E-state index in [1.807, 2.05) is 25.1 Å². The molecule has 4 rings (SSSR count). The number of carbonyl (C=O) groups is 1. The Morgan fingerprint density at radius 1 is 1.29 bits per heavy atom. The molecule has 1 aliphatic heterocycles. The van der Waals surface area contributed by atoms with Crippen LogP contribution in [-0.4, -0.2) is 22.2 Å². The second-order valence-electron chi connectivity index (χ2n) is 7.81. The van der Waals surface area contributed by atoms with Gasteiger partial charge >= 0.3 is 0 Å². The molecule has 0 unspecified atom stereocenters. The first-order chi connectivity index (χ1) is 14.9.